The Labute approximate surface area is 168 Å². The lowest BCUT2D eigenvalue weighted by Gasteiger charge is -2.13. The van der Waals surface area contributed by atoms with E-state index in [-0.39, 0.29) is 0 Å². The molecule has 1 aromatic heterocycles. The van der Waals surface area contributed by atoms with Gasteiger partial charge in [0.05, 0.1) is 23.9 Å². The molecule has 0 radical (unpaired) electrons. The molecule has 28 heavy (non-hydrogen) atoms. The summed E-state index contributed by atoms with van der Waals surface area (Å²) >= 11 is 6.06. The lowest BCUT2D eigenvalue weighted by molar-refractivity contribution is 0.0602. The summed E-state index contributed by atoms with van der Waals surface area (Å²) in [7, 11) is 1.36. The molecule has 4 nitrogen and oxygen atoms in total. The molecule has 1 N–H and O–H groups in total. The fourth-order valence-corrected chi connectivity index (χ4v) is 3.50. The number of hydrogen-bond acceptors (Lipinski definition) is 3. The molecule has 0 bridgehead atoms. The standard InChI is InChI=1S/C23H19ClN2O2/c1-15-5-3-6-17(13-15)26-12-11-18-20(7-4-8-22(18)26)25-21-10-9-16(24)14-19(21)23(27)28-2/h3-14,25H,1-2H3. The van der Waals surface area contributed by atoms with Gasteiger partial charge in [-0.05, 0) is 61.0 Å². The number of aromatic nitrogens is 1. The zero-order valence-corrected chi connectivity index (χ0v) is 16.3. The Kier molecular flexibility index (Phi) is 4.80. The Hall–Kier alpha value is -3.24. The first-order chi connectivity index (χ1) is 13.6. The van der Waals surface area contributed by atoms with Crippen LogP contribution in [-0.2, 0) is 4.74 Å². The van der Waals surface area contributed by atoms with E-state index < -0.39 is 5.97 Å². The molecule has 4 aromatic rings. The number of hydrogen-bond donors (Lipinski definition) is 1. The van der Waals surface area contributed by atoms with E-state index in [2.05, 4.69) is 53.2 Å². The summed E-state index contributed by atoms with van der Waals surface area (Å²) < 4.78 is 7.04. The SMILES string of the molecule is COC(=O)c1cc(Cl)ccc1Nc1cccc2c1ccn2-c1cccc(C)c1. The van der Waals surface area contributed by atoms with E-state index in [1.165, 1.54) is 12.7 Å². The normalized spacial score (nSPS) is 10.8. The van der Waals surface area contributed by atoms with E-state index >= 15 is 0 Å². The molecule has 0 spiro atoms. The zero-order chi connectivity index (χ0) is 19.7. The average Bonchev–Trinajstić information content (AvgIpc) is 3.14. The first-order valence-corrected chi connectivity index (χ1v) is 9.26. The second-order valence-corrected chi connectivity index (χ2v) is 7.01. The van der Waals surface area contributed by atoms with E-state index in [1.807, 2.05) is 18.3 Å². The number of anilines is 2. The molecule has 0 aliphatic heterocycles. The number of carbonyl (C=O) groups is 1. The fraction of sp³-hybridized carbons (Fsp3) is 0.0870. The van der Waals surface area contributed by atoms with Crippen molar-refractivity contribution in [2.24, 2.45) is 0 Å². The van der Waals surface area contributed by atoms with E-state index in [9.17, 15) is 4.79 Å². The Balaban J connectivity index is 1.79. The van der Waals surface area contributed by atoms with Crippen molar-refractivity contribution in [3.05, 3.63) is 89.1 Å². The molecule has 0 aliphatic rings. The highest BCUT2D eigenvalue weighted by Gasteiger charge is 2.14. The van der Waals surface area contributed by atoms with Gasteiger partial charge in [-0.3, -0.25) is 0 Å². The third kappa shape index (κ3) is 3.35. The number of methoxy groups -OCH3 is 1. The number of nitrogens with zero attached hydrogens (tertiary/aromatic N) is 1. The van der Waals surface area contributed by atoms with Crippen molar-refractivity contribution in [3.8, 4) is 5.69 Å². The lowest BCUT2D eigenvalue weighted by Crippen LogP contribution is -2.05. The van der Waals surface area contributed by atoms with E-state index in [1.54, 1.807) is 18.2 Å². The third-order valence-electron chi connectivity index (χ3n) is 4.67. The van der Waals surface area contributed by atoms with Crippen LogP contribution >= 0.6 is 11.6 Å². The van der Waals surface area contributed by atoms with E-state index in [0.29, 0.717) is 16.3 Å². The van der Waals surface area contributed by atoms with Gasteiger partial charge in [0.15, 0.2) is 0 Å². The molecule has 0 unspecified atom stereocenters. The number of esters is 1. The first-order valence-electron chi connectivity index (χ1n) is 8.89. The highest BCUT2D eigenvalue weighted by Crippen LogP contribution is 2.31. The fourth-order valence-electron chi connectivity index (χ4n) is 3.33. The summed E-state index contributed by atoms with van der Waals surface area (Å²) in [6.07, 6.45) is 2.05. The summed E-state index contributed by atoms with van der Waals surface area (Å²) in [5, 5.41) is 4.89. The van der Waals surface area contributed by atoms with Crippen molar-refractivity contribution in [1.29, 1.82) is 0 Å². The van der Waals surface area contributed by atoms with Crippen LogP contribution in [0.2, 0.25) is 5.02 Å². The van der Waals surface area contributed by atoms with Crippen molar-refractivity contribution >= 4 is 39.8 Å². The molecule has 1 heterocycles. The summed E-state index contributed by atoms with van der Waals surface area (Å²) in [4.78, 5) is 12.1. The minimum Gasteiger partial charge on any atom is -0.465 e. The molecular formula is C23H19ClN2O2. The predicted molar refractivity (Wildman–Crippen MR) is 114 cm³/mol. The maximum Gasteiger partial charge on any atom is 0.340 e. The maximum absolute atomic E-state index is 12.1. The summed E-state index contributed by atoms with van der Waals surface area (Å²) in [5.41, 5.74) is 5.32. The Morgan fingerprint density at radius 2 is 1.82 bits per heavy atom. The minimum absolute atomic E-state index is 0.394. The van der Waals surface area contributed by atoms with Crippen LogP contribution in [0.15, 0.2) is 72.9 Å². The molecule has 0 saturated carbocycles. The number of fused-ring (bicyclic) bond motifs is 1. The van der Waals surface area contributed by atoms with Crippen molar-refractivity contribution < 1.29 is 9.53 Å². The Morgan fingerprint density at radius 3 is 2.61 bits per heavy atom. The smallest absolute Gasteiger partial charge is 0.340 e. The number of rotatable bonds is 4. The molecule has 140 valence electrons. The number of ether oxygens (including phenoxy) is 1. The number of halogens is 1. The average molecular weight is 391 g/mol. The van der Waals surface area contributed by atoms with Gasteiger partial charge in [-0.25, -0.2) is 4.79 Å². The van der Waals surface area contributed by atoms with Crippen LogP contribution in [0.1, 0.15) is 15.9 Å². The molecule has 3 aromatic carbocycles. The summed E-state index contributed by atoms with van der Waals surface area (Å²) in [5.74, 6) is -0.436. The zero-order valence-electron chi connectivity index (χ0n) is 15.6. The van der Waals surface area contributed by atoms with Gasteiger partial charge in [0.25, 0.3) is 0 Å². The van der Waals surface area contributed by atoms with Crippen molar-refractivity contribution in [1.82, 2.24) is 4.57 Å². The molecule has 4 rings (SSSR count). The van der Waals surface area contributed by atoms with Crippen LogP contribution in [0.5, 0.6) is 0 Å². The van der Waals surface area contributed by atoms with Gasteiger partial charge in [-0.15, -0.1) is 0 Å². The van der Waals surface area contributed by atoms with Gasteiger partial charge in [0.1, 0.15) is 0 Å². The molecular weight excluding hydrogens is 372 g/mol. The summed E-state index contributed by atoms with van der Waals surface area (Å²) in [6, 6.07) is 21.6. The number of aryl methyl sites for hydroxylation is 1. The molecule has 0 atom stereocenters. The number of benzene rings is 3. The number of nitrogens with one attached hydrogen (secondary N) is 1. The van der Waals surface area contributed by atoms with Crippen molar-refractivity contribution in [3.63, 3.8) is 0 Å². The second kappa shape index (κ2) is 7.41. The van der Waals surface area contributed by atoms with Gasteiger partial charge in [-0.2, -0.15) is 0 Å². The molecule has 0 saturated heterocycles. The van der Waals surface area contributed by atoms with E-state index in [0.717, 1.165) is 22.3 Å². The lowest BCUT2D eigenvalue weighted by atomic mass is 10.1. The number of carbonyl (C=O) groups excluding carboxylic acids is 1. The minimum atomic E-state index is -0.436. The van der Waals surface area contributed by atoms with Crippen LogP contribution in [-0.4, -0.2) is 17.6 Å². The second-order valence-electron chi connectivity index (χ2n) is 6.57. The van der Waals surface area contributed by atoms with Gasteiger partial charge in [0.2, 0.25) is 0 Å². The predicted octanol–water partition coefficient (Wildman–Crippen LogP) is 6.12. The van der Waals surface area contributed by atoms with Crippen LogP contribution in [0.4, 0.5) is 11.4 Å². The van der Waals surface area contributed by atoms with Crippen LogP contribution in [0.25, 0.3) is 16.6 Å². The van der Waals surface area contributed by atoms with Gasteiger partial charge >= 0.3 is 5.97 Å². The largest absolute Gasteiger partial charge is 0.465 e. The van der Waals surface area contributed by atoms with Gasteiger partial charge in [-0.1, -0.05) is 29.8 Å². The van der Waals surface area contributed by atoms with Crippen LogP contribution in [0.3, 0.4) is 0 Å². The molecule has 0 aliphatic carbocycles. The molecule has 0 amide bonds. The molecule has 5 heteroatoms. The third-order valence-corrected chi connectivity index (χ3v) is 4.90. The van der Waals surface area contributed by atoms with Gasteiger partial charge in [0, 0.05) is 28.0 Å². The van der Waals surface area contributed by atoms with Crippen molar-refractivity contribution in [2.45, 2.75) is 6.92 Å². The van der Waals surface area contributed by atoms with Gasteiger partial charge < -0.3 is 14.6 Å². The topological polar surface area (TPSA) is 43.3 Å². The maximum atomic E-state index is 12.1. The Bertz CT molecular complexity index is 1180. The van der Waals surface area contributed by atoms with Crippen molar-refractivity contribution in [2.75, 3.05) is 12.4 Å². The first kappa shape index (κ1) is 18.1. The quantitative estimate of drug-likeness (QED) is 0.427. The summed E-state index contributed by atoms with van der Waals surface area (Å²) in [6.45, 7) is 2.08. The highest BCUT2D eigenvalue weighted by atomic mass is 35.5. The molecule has 0 fully saturated rings. The van der Waals surface area contributed by atoms with E-state index in [4.69, 9.17) is 16.3 Å². The van der Waals surface area contributed by atoms with Crippen LogP contribution in [0, 0.1) is 6.92 Å². The highest BCUT2D eigenvalue weighted by molar-refractivity contribution is 6.31. The van der Waals surface area contributed by atoms with Crippen LogP contribution < -0.4 is 5.32 Å². The monoisotopic (exact) mass is 390 g/mol. The Morgan fingerprint density at radius 1 is 1.00 bits per heavy atom.